The van der Waals surface area contributed by atoms with Gasteiger partial charge >= 0.3 is 5.97 Å². The Labute approximate surface area is 96.3 Å². The molecule has 1 aliphatic carbocycles. The average molecular weight is 218 g/mol. The van der Waals surface area contributed by atoms with E-state index < -0.39 is 5.97 Å². The van der Waals surface area contributed by atoms with Gasteiger partial charge in [-0.3, -0.25) is 4.79 Å². The topological polar surface area (TPSA) is 37.3 Å². The molecule has 2 rings (SSSR count). The Hall–Kier alpha value is -1.31. The minimum Gasteiger partial charge on any atom is -0.481 e. The van der Waals surface area contributed by atoms with Crippen molar-refractivity contribution < 1.29 is 9.90 Å². The van der Waals surface area contributed by atoms with Crippen molar-refractivity contribution in [2.75, 3.05) is 0 Å². The van der Waals surface area contributed by atoms with Crippen LogP contribution in [0.3, 0.4) is 0 Å². The van der Waals surface area contributed by atoms with E-state index in [1.165, 1.54) is 31.2 Å². The Morgan fingerprint density at radius 1 is 1.25 bits per heavy atom. The average Bonchev–Trinajstić information content (AvgIpc) is 2.80. The molecule has 2 heteroatoms. The van der Waals surface area contributed by atoms with E-state index >= 15 is 0 Å². The van der Waals surface area contributed by atoms with E-state index in [0.29, 0.717) is 5.92 Å². The van der Waals surface area contributed by atoms with Gasteiger partial charge in [-0.2, -0.15) is 0 Å². The monoisotopic (exact) mass is 218 g/mol. The molecule has 1 atom stereocenters. The van der Waals surface area contributed by atoms with Crippen LogP contribution in [0.5, 0.6) is 0 Å². The molecule has 1 unspecified atom stereocenters. The summed E-state index contributed by atoms with van der Waals surface area (Å²) in [4.78, 5) is 10.9. The summed E-state index contributed by atoms with van der Waals surface area (Å²) in [7, 11) is 0. The number of rotatable bonds is 4. The van der Waals surface area contributed by atoms with Gasteiger partial charge in [0.25, 0.3) is 0 Å². The fraction of sp³-hybridized carbons (Fsp3) is 0.500. The van der Waals surface area contributed by atoms with Gasteiger partial charge < -0.3 is 5.11 Å². The van der Waals surface area contributed by atoms with Crippen molar-refractivity contribution in [1.82, 2.24) is 0 Å². The van der Waals surface area contributed by atoms with E-state index in [-0.39, 0.29) is 12.3 Å². The van der Waals surface area contributed by atoms with Crippen molar-refractivity contribution in [1.29, 1.82) is 0 Å². The van der Waals surface area contributed by atoms with Gasteiger partial charge in [-0.25, -0.2) is 0 Å². The Bertz CT molecular complexity index is 339. The number of benzene rings is 1. The molecular formula is C14H18O2. The van der Waals surface area contributed by atoms with Crippen molar-refractivity contribution in [2.45, 2.75) is 38.0 Å². The van der Waals surface area contributed by atoms with Crippen LogP contribution in [0.1, 0.15) is 43.6 Å². The van der Waals surface area contributed by atoms with Crippen molar-refractivity contribution in [3.63, 3.8) is 0 Å². The highest BCUT2D eigenvalue weighted by molar-refractivity contribution is 5.68. The summed E-state index contributed by atoms with van der Waals surface area (Å²) in [6, 6.07) is 10.1. The number of carboxylic acid groups (broad SMARTS) is 1. The molecule has 1 aliphatic rings. The first-order valence-corrected chi connectivity index (χ1v) is 6.04. The molecule has 1 aromatic rings. The quantitative estimate of drug-likeness (QED) is 0.840. The van der Waals surface area contributed by atoms with Crippen LogP contribution in [0.4, 0.5) is 0 Å². The number of aliphatic carboxylic acids is 1. The van der Waals surface area contributed by atoms with Gasteiger partial charge in [-0.1, -0.05) is 43.2 Å². The summed E-state index contributed by atoms with van der Waals surface area (Å²) >= 11 is 0. The van der Waals surface area contributed by atoms with Gasteiger partial charge in [-0.15, -0.1) is 0 Å². The molecule has 0 saturated heterocycles. The lowest BCUT2D eigenvalue weighted by Gasteiger charge is -2.22. The van der Waals surface area contributed by atoms with Gasteiger partial charge in [0.05, 0.1) is 6.42 Å². The Balaban J connectivity index is 2.16. The molecule has 1 saturated carbocycles. The summed E-state index contributed by atoms with van der Waals surface area (Å²) < 4.78 is 0. The molecular weight excluding hydrogens is 200 g/mol. The molecule has 0 aromatic heterocycles. The van der Waals surface area contributed by atoms with Gasteiger partial charge in [0.2, 0.25) is 0 Å². The lowest BCUT2D eigenvalue weighted by atomic mass is 9.82. The first-order chi connectivity index (χ1) is 7.77. The second kappa shape index (κ2) is 5.15. The summed E-state index contributed by atoms with van der Waals surface area (Å²) in [6.07, 6.45) is 5.16. The second-order valence-electron chi connectivity index (χ2n) is 4.66. The van der Waals surface area contributed by atoms with E-state index in [1.54, 1.807) is 0 Å². The van der Waals surface area contributed by atoms with Gasteiger partial charge in [0.1, 0.15) is 0 Å². The number of carboxylic acids is 1. The summed E-state index contributed by atoms with van der Waals surface area (Å²) in [5.74, 6) is 0.0976. The highest BCUT2D eigenvalue weighted by Gasteiger charge is 2.27. The lowest BCUT2D eigenvalue weighted by molar-refractivity contribution is -0.137. The van der Waals surface area contributed by atoms with Gasteiger partial charge in [0, 0.05) is 0 Å². The summed E-state index contributed by atoms with van der Waals surface area (Å²) in [5, 5.41) is 9.01. The van der Waals surface area contributed by atoms with Crippen LogP contribution in [0.15, 0.2) is 30.3 Å². The van der Waals surface area contributed by atoms with Crippen LogP contribution >= 0.6 is 0 Å². The van der Waals surface area contributed by atoms with Gasteiger partial charge in [0.15, 0.2) is 0 Å². The Morgan fingerprint density at radius 3 is 2.44 bits per heavy atom. The molecule has 0 bridgehead atoms. The molecule has 16 heavy (non-hydrogen) atoms. The fourth-order valence-corrected chi connectivity index (χ4v) is 2.80. The van der Waals surface area contributed by atoms with Crippen LogP contribution in [-0.2, 0) is 4.79 Å². The standard InChI is InChI=1S/C14H18O2/c15-14(16)10-13(12-8-4-5-9-12)11-6-2-1-3-7-11/h1-3,6-7,12-13H,4-5,8-10H2,(H,15,16). The maximum Gasteiger partial charge on any atom is 0.303 e. The first kappa shape index (κ1) is 11.2. The van der Waals surface area contributed by atoms with Crippen molar-refractivity contribution >= 4 is 5.97 Å². The minimum atomic E-state index is -0.680. The van der Waals surface area contributed by atoms with Crippen molar-refractivity contribution in [3.8, 4) is 0 Å². The molecule has 1 N–H and O–H groups in total. The molecule has 86 valence electrons. The van der Waals surface area contributed by atoms with E-state index in [9.17, 15) is 4.79 Å². The number of hydrogen-bond acceptors (Lipinski definition) is 1. The van der Waals surface area contributed by atoms with Crippen LogP contribution in [0.2, 0.25) is 0 Å². The number of hydrogen-bond donors (Lipinski definition) is 1. The molecule has 0 aliphatic heterocycles. The molecule has 0 spiro atoms. The zero-order valence-electron chi connectivity index (χ0n) is 9.43. The fourth-order valence-electron chi connectivity index (χ4n) is 2.80. The molecule has 0 amide bonds. The molecule has 2 nitrogen and oxygen atoms in total. The largest absolute Gasteiger partial charge is 0.481 e. The predicted octanol–water partition coefficient (Wildman–Crippen LogP) is 3.44. The normalized spacial score (nSPS) is 18.5. The third-order valence-electron chi connectivity index (χ3n) is 3.59. The molecule has 0 radical (unpaired) electrons. The summed E-state index contributed by atoms with van der Waals surface area (Å²) in [5.41, 5.74) is 1.19. The maximum atomic E-state index is 10.9. The molecule has 1 fully saturated rings. The predicted molar refractivity (Wildman–Crippen MR) is 63.4 cm³/mol. The van der Waals surface area contributed by atoms with Crippen molar-refractivity contribution in [3.05, 3.63) is 35.9 Å². The highest BCUT2D eigenvalue weighted by Crippen LogP contribution is 2.39. The Kier molecular flexibility index (Phi) is 3.60. The van der Waals surface area contributed by atoms with E-state index in [0.717, 1.165) is 0 Å². The highest BCUT2D eigenvalue weighted by atomic mass is 16.4. The van der Waals surface area contributed by atoms with Crippen LogP contribution in [-0.4, -0.2) is 11.1 Å². The third kappa shape index (κ3) is 2.63. The number of carbonyl (C=O) groups is 1. The SMILES string of the molecule is O=C(O)CC(c1ccccc1)C1CCCC1. The van der Waals surface area contributed by atoms with Crippen LogP contribution in [0.25, 0.3) is 0 Å². The zero-order valence-corrected chi connectivity index (χ0v) is 9.43. The van der Waals surface area contributed by atoms with Gasteiger partial charge in [-0.05, 0) is 30.2 Å². The van der Waals surface area contributed by atoms with Crippen LogP contribution in [0, 0.1) is 5.92 Å². The second-order valence-corrected chi connectivity index (χ2v) is 4.66. The van der Waals surface area contributed by atoms with Crippen LogP contribution < -0.4 is 0 Å². The van der Waals surface area contributed by atoms with Crippen molar-refractivity contribution in [2.24, 2.45) is 5.92 Å². The lowest BCUT2D eigenvalue weighted by Crippen LogP contribution is -2.14. The third-order valence-corrected chi connectivity index (χ3v) is 3.59. The van der Waals surface area contributed by atoms with E-state index in [2.05, 4.69) is 12.1 Å². The van der Waals surface area contributed by atoms with E-state index in [1.807, 2.05) is 18.2 Å². The molecule has 0 heterocycles. The molecule has 1 aromatic carbocycles. The maximum absolute atomic E-state index is 10.9. The minimum absolute atomic E-state index is 0.209. The summed E-state index contributed by atoms with van der Waals surface area (Å²) in [6.45, 7) is 0. The Morgan fingerprint density at radius 2 is 1.88 bits per heavy atom. The zero-order chi connectivity index (χ0) is 11.4. The first-order valence-electron chi connectivity index (χ1n) is 6.04. The smallest absolute Gasteiger partial charge is 0.303 e. The van der Waals surface area contributed by atoms with E-state index in [4.69, 9.17) is 5.11 Å².